The first-order valence-corrected chi connectivity index (χ1v) is 8.92. The molecule has 2 aromatic rings. The Labute approximate surface area is 132 Å². The molecule has 2 rings (SSSR count). The zero-order chi connectivity index (χ0) is 16.3. The Balaban J connectivity index is 2.34. The van der Waals surface area contributed by atoms with E-state index in [4.69, 9.17) is 0 Å². The molecule has 1 N–H and O–H groups in total. The number of aromatic nitrogens is 2. The van der Waals surface area contributed by atoms with Crippen LogP contribution in [0.15, 0.2) is 35.2 Å². The second-order valence-corrected chi connectivity index (χ2v) is 7.53. The number of benzene rings is 1. The second kappa shape index (κ2) is 6.62. The predicted molar refractivity (Wildman–Crippen MR) is 87.7 cm³/mol. The fraction of sp³-hybridized carbons (Fsp3) is 0.438. The fourth-order valence-corrected chi connectivity index (χ4v) is 3.83. The third-order valence-corrected chi connectivity index (χ3v) is 5.22. The fourth-order valence-electron chi connectivity index (χ4n) is 2.39. The standard InChI is InChI=1S/C16H23N3O2S/c1-12(2)10-11-17-22(20,21)16-13(3)18-19(14(16)4)15-8-6-5-7-9-15/h5-9,12,17H,10-11H2,1-4H3. The molecule has 0 unspecified atom stereocenters. The van der Waals surface area contributed by atoms with Gasteiger partial charge in [0.15, 0.2) is 0 Å². The van der Waals surface area contributed by atoms with Crippen molar-refractivity contribution in [2.45, 2.75) is 39.0 Å². The Morgan fingerprint density at radius 1 is 1.18 bits per heavy atom. The van der Waals surface area contributed by atoms with Crippen LogP contribution in [0.1, 0.15) is 31.7 Å². The van der Waals surface area contributed by atoms with Gasteiger partial charge in [0.2, 0.25) is 10.0 Å². The van der Waals surface area contributed by atoms with E-state index in [2.05, 4.69) is 23.7 Å². The highest BCUT2D eigenvalue weighted by atomic mass is 32.2. The summed E-state index contributed by atoms with van der Waals surface area (Å²) >= 11 is 0. The van der Waals surface area contributed by atoms with Crippen LogP contribution >= 0.6 is 0 Å². The third-order valence-electron chi connectivity index (χ3n) is 3.51. The van der Waals surface area contributed by atoms with Crippen molar-refractivity contribution in [3.05, 3.63) is 41.7 Å². The summed E-state index contributed by atoms with van der Waals surface area (Å²) in [5, 5.41) is 4.39. The molecule has 1 heterocycles. The van der Waals surface area contributed by atoms with Gasteiger partial charge in [0.25, 0.3) is 0 Å². The van der Waals surface area contributed by atoms with E-state index in [1.54, 1.807) is 18.5 Å². The van der Waals surface area contributed by atoms with Gasteiger partial charge in [-0.1, -0.05) is 32.0 Å². The zero-order valence-electron chi connectivity index (χ0n) is 13.5. The maximum atomic E-state index is 12.5. The molecule has 0 spiro atoms. The Hall–Kier alpha value is -1.66. The van der Waals surface area contributed by atoms with Crippen molar-refractivity contribution in [1.29, 1.82) is 0 Å². The maximum absolute atomic E-state index is 12.5. The van der Waals surface area contributed by atoms with Gasteiger partial charge < -0.3 is 0 Å². The molecule has 0 aliphatic carbocycles. The van der Waals surface area contributed by atoms with Crippen LogP contribution in [0.3, 0.4) is 0 Å². The summed E-state index contributed by atoms with van der Waals surface area (Å²) in [5.41, 5.74) is 1.99. The third kappa shape index (κ3) is 3.56. The van der Waals surface area contributed by atoms with E-state index in [0.717, 1.165) is 12.1 Å². The van der Waals surface area contributed by atoms with Crippen molar-refractivity contribution >= 4 is 10.0 Å². The lowest BCUT2D eigenvalue weighted by Crippen LogP contribution is -2.26. The van der Waals surface area contributed by atoms with Gasteiger partial charge in [0, 0.05) is 6.54 Å². The van der Waals surface area contributed by atoms with Crippen molar-refractivity contribution in [2.75, 3.05) is 6.54 Å². The predicted octanol–water partition coefficient (Wildman–Crippen LogP) is 2.81. The minimum atomic E-state index is -3.54. The largest absolute Gasteiger partial charge is 0.244 e. The molecule has 0 aliphatic heterocycles. The highest BCUT2D eigenvalue weighted by Gasteiger charge is 2.24. The molecule has 0 fully saturated rings. The summed E-state index contributed by atoms with van der Waals surface area (Å²) < 4.78 is 29.4. The molecule has 1 aromatic heterocycles. The van der Waals surface area contributed by atoms with E-state index in [1.165, 1.54) is 0 Å². The first-order valence-electron chi connectivity index (χ1n) is 7.44. The summed E-state index contributed by atoms with van der Waals surface area (Å²) in [7, 11) is -3.54. The van der Waals surface area contributed by atoms with Gasteiger partial charge in [-0.2, -0.15) is 5.10 Å². The van der Waals surface area contributed by atoms with Gasteiger partial charge in [-0.25, -0.2) is 17.8 Å². The molecule has 0 saturated carbocycles. The molecule has 0 radical (unpaired) electrons. The summed E-state index contributed by atoms with van der Waals surface area (Å²) in [6, 6.07) is 9.53. The minimum Gasteiger partial charge on any atom is -0.236 e. The SMILES string of the molecule is Cc1nn(-c2ccccc2)c(C)c1S(=O)(=O)NCCC(C)C. The number of nitrogens with zero attached hydrogens (tertiary/aromatic N) is 2. The normalized spacial score (nSPS) is 12.0. The van der Waals surface area contributed by atoms with Crippen molar-refractivity contribution in [2.24, 2.45) is 5.92 Å². The van der Waals surface area contributed by atoms with Crippen molar-refractivity contribution in [1.82, 2.24) is 14.5 Å². The number of hydrogen-bond donors (Lipinski definition) is 1. The highest BCUT2D eigenvalue weighted by Crippen LogP contribution is 2.22. The molecule has 22 heavy (non-hydrogen) atoms. The van der Waals surface area contributed by atoms with Gasteiger partial charge in [0.1, 0.15) is 4.90 Å². The van der Waals surface area contributed by atoms with E-state index in [1.807, 2.05) is 30.3 Å². The van der Waals surface area contributed by atoms with Gasteiger partial charge in [-0.15, -0.1) is 0 Å². The monoisotopic (exact) mass is 321 g/mol. The van der Waals surface area contributed by atoms with Crippen LogP contribution in [-0.4, -0.2) is 24.7 Å². The zero-order valence-corrected chi connectivity index (χ0v) is 14.3. The molecule has 5 nitrogen and oxygen atoms in total. The lowest BCUT2D eigenvalue weighted by Gasteiger charge is -2.09. The Bertz CT molecular complexity index is 734. The molecular weight excluding hydrogens is 298 g/mol. The smallest absolute Gasteiger partial charge is 0.236 e. The van der Waals surface area contributed by atoms with Gasteiger partial charge in [0.05, 0.1) is 17.1 Å². The lowest BCUT2D eigenvalue weighted by molar-refractivity contribution is 0.551. The number of aryl methyl sites for hydroxylation is 1. The Kier molecular flexibility index (Phi) is 5.03. The topological polar surface area (TPSA) is 64.0 Å². The molecule has 0 aliphatic rings. The average Bonchev–Trinajstić information content (AvgIpc) is 2.75. The van der Waals surface area contributed by atoms with E-state index in [0.29, 0.717) is 23.9 Å². The molecule has 0 amide bonds. The van der Waals surface area contributed by atoms with Crippen LogP contribution < -0.4 is 4.72 Å². The highest BCUT2D eigenvalue weighted by molar-refractivity contribution is 7.89. The van der Waals surface area contributed by atoms with Crippen LogP contribution in [0, 0.1) is 19.8 Å². The maximum Gasteiger partial charge on any atom is 0.244 e. The number of hydrogen-bond acceptors (Lipinski definition) is 3. The van der Waals surface area contributed by atoms with E-state index < -0.39 is 10.0 Å². The number of sulfonamides is 1. The van der Waals surface area contributed by atoms with Crippen molar-refractivity contribution in [3.8, 4) is 5.69 Å². The number of rotatable bonds is 6. The molecule has 0 bridgehead atoms. The summed E-state index contributed by atoms with van der Waals surface area (Å²) in [6.45, 7) is 8.08. The van der Waals surface area contributed by atoms with Crippen molar-refractivity contribution in [3.63, 3.8) is 0 Å². The summed E-state index contributed by atoms with van der Waals surface area (Å²) in [5.74, 6) is 0.455. The number of nitrogens with one attached hydrogen (secondary N) is 1. The molecule has 0 saturated heterocycles. The minimum absolute atomic E-state index is 0.278. The lowest BCUT2D eigenvalue weighted by atomic mass is 10.1. The quantitative estimate of drug-likeness (QED) is 0.890. The molecule has 0 atom stereocenters. The van der Waals surface area contributed by atoms with E-state index in [-0.39, 0.29) is 4.90 Å². The average molecular weight is 321 g/mol. The van der Waals surface area contributed by atoms with Crippen LogP contribution in [-0.2, 0) is 10.0 Å². The molecule has 120 valence electrons. The van der Waals surface area contributed by atoms with Crippen LogP contribution in [0.4, 0.5) is 0 Å². The first-order chi connectivity index (χ1) is 10.3. The Morgan fingerprint density at radius 3 is 2.41 bits per heavy atom. The Morgan fingerprint density at radius 2 is 1.82 bits per heavy atom. The molecule has 1 aromatic carbocycles. The molecular formula is C16H23N3O2S. The van der Waals surface area contributed by atoms with Crippen LogP contribution in [0.25, 0.3) is 5.69 Å². The van der Waals surface area contributed by atoms with Gasteiger partial charge in [-0.3, -0.25) is 0 Å². The van der Waals surface area contributed by atoms with E-state index >= 15 is 0 Å². The van der Waals surface area contributed by atoms with E-state index in [9.17, 15) is 8.42 Å². The van der Waals surface area contributed by atoms with Crippen molar-refractivity contribution < 1.29 is 8.42 Å². The number of para-hydroxylation sites is 1. The molecule has 6 heteroatoms. The first kappa shape index (κ1) is 16.7. The van der Waals surface area contributed by atoms with Gasteiger partial charge >= 0.3 is 0 Å². The summed E-state index contributed by atoms with van der Waals surface area (Å²) in [6.07, 6.45) is 0.810. The van der Waals surface area contributed by atoms with Crippen LogP contribution in [0.5, 0.6) is 0 Å². The van der Waals surface area contributed by atoms with Crippen LogP contribution in [0.2, 0.25) is 0 Å². The van der Waals surface area contributed by atoms with Gasteiger partial charge in [-0.05, 0) is 38.3 Å². The second-order valence-electron chi connectivity index (χ2n) is 5.83. The summed E-state index contributed by atoms with van der Waals surface area (Å²) in [4.78, 5) is 0.278.